The van der Waals surface area contributed by atoms with Crippen molar-refractivity contribution in [2.24, 2.45) is 0 Å². The third kappa shape index (κ3) is 3.49. The SMILES string of the molecule is CC(=O)c1ccccc1N/C=C\c1nnnn1-c1ccc(Cl)cc1. The fourth-order valence-corrected chi connectivity index (χ4v) is 2.31. The van der Waals surface area contributed by atoms with Crippen LogP contribution < -0.4 is 5.32 Å². The van der Waals surface area contributed by atoms with Crippen LogP contribution in [0.3, 0.4) is 0 Å². The number of carbonyl (C=O) groups excluding carboxylic acids is 1. The van der Waals surface area contributed by atoms with Gasteiger partial charge in [0.2, 0.25) is 0 Å². The summed E-state index contributed by atoms with van der Waals surface area (Å²) in [5.74, 6) is 0.544. The molecule has 3 aromatic rings. The van der Waals surface area contributed by atoms with Crippen LogP contribution in [0.4, 0.5) is 5.69 Å². The zero-order valence-electron chi connectivity index (χ0n) is 12.8. The maximum Gasteiger partial charge on any atom is 0.181 e. The monoisotopic (exact) mass is 339 g/mol. The first-order chi connectivity index (χ1) is 11.6. The molecule has 0 atom stereocenters. The average Bonchev–Trinajstić information content (AvgIpc) is 3.04. The maximum absolute atomic E-state index is 11.6. The molecule has 0 bridgehead atoms. The lowest BCUT2D eigenvalue weighted by Gasteiger charge is -2.06. The van der Waals surface area contributed by atoms with Gasteiger partial charge < -0.3 is 5.32 Å². The lowest BCUT2D eigenvalue weighted by atomic mass is 10.1. The summed E-state index contributed by atoms with van der Waals surface area (Å²) in [4.78, 5) is 11.6. The highest BCUT2D eigenvalue weighted by Crippen LogP contribution is 2.16. The Bertz CT molecular complexity index is 886. The van der Waals surface area contributed by atoms with Gasteiger partial charge in [-0.25, -0.2) is 0 Å². The van der Waals surface area contributed by atoms with Gasteiger partial charge in [0.15, 0.2) is 11.6 Å². The first kappa shape index (κ1) is 15.9. The normalized spacial score (nSPS) is 10.9. The van der Waals surface area contributed by atoms with Crippen molar-refractivity contribution in [1.29, 1.82) is 0 Å². The predicted molar refractivity (Wildman–Crippen MR) is 93.3 cm³/mol. The molecule has 0 aliphatic rings. The van der Waals surface area contributed by atoms with Gasteiger partial charge in [-0.15, -0.1) is 5.10 Å². The van der Waals surface area contributed by atoms with Gasteiger partial charge in [0.05, 0.1) is 5.69 Å². The number of hydrogen-bond donors (Lipinski definition) is 1. The van der Waals surface area contributed by atoms with Gasteiger partial charge in [-0.1, -0.05) is 23.7 Å². The summed E-state index contributed by atoms with van der Waals surface area (Å²) >= 11 is 5.89. The second-order valence-corrected chi connectivity index (χ2v) is 5.44. The zero-order chi connectivity index (χ0) is 16.9. The Morgan fingerprint density at radius 1 is 1.17 bits per heavy atom. The second-order valence-electron chi connectivity index (χ2n) is 5.00. The molecule has 0 fully saturated rings. The highest BCUT2D eigenvalue weighted by atomic mass is 35.5. The third-order valence-electron chi connectivity index (χ3n) is 3.34. The molecule has 1 heterocycles. The van der Waals surface area contributed by atoms with Crippen molar-refractivity contribution in [2.45, 2.75) is 6.92 Å². The Morgan fingerprint density at radius 2 is 1.92 bits per heavy atom. The predicted octanol–water partition coefficient (Wildman–Crippen LogP) is 3.60. The molecule has 0 saturated carbocycles. The molecule has 0 aliphatic heterocycles. The molecule has 1 aromatic heterocycles. The van der Waals surface area contributed by atoms with Crippen LogP contribution in [0.5, 0.6) is 0 Å². The highest BCUT2D eigenvalue weighted by Gasteiger charge is 2.06. The molecule has 0 spiro atoms. The van der Waals surface area contributed by atoms with Crippen LogP contribution in [0.1, 0.15) is 23.1 Å². The zero-order valence-corrected chi connectivity index (χ0v) is 13.6. The van der Waals surface area contributed by atoms with Crippen molar-refractivity contribution in [3.63, 3.8) is 0 Å². The van der Waals surface area contributed by atoms with Crippen molar-refractivity contribution in [3.05, 3.63) is 71.1 Å². The molecule has 0 radical (unpaired) electrons. The average molecular weight is 340 g/mol. The standard InChI is InChI=1S/C17H14ClN5O/c1-12(24)15-4-2-3-5-16(15)19-11-10-17-20-21-22-23(17)14-8-6-13(18)7-9-14/h2-11,19H,1H3/b11-10-. The molecule has 120 valence electrons. The minimum atomic E-state index is -0.00232. The third-order valence-corrected chi connectivity index (χ3v) is 3.59. The second kappa shape index (κ2) is 7.06. The van der Waals surface area contributed by atoms with Crippen molar-refractivity contribution >= 4 is 29.1 Å². The number of benzene rings is 2. The van der Waals surface area contributed by atoms with Crippen LogP contribution in [0.25, 0.3) is 11.8 Å². The van der Waals surface area contributed by atoms with Crippen LogP contribution >= 0.6 is 11.6 Å². The summed E-state index contributed by atoms with van der Waals surface area (Å²) in [5, 5.41) is 15.4. The molecule has 3 rings (SSSR count). The van der Waals surface area contributed by atoms with E-state index >= 15 is 0 Å². The molecular weight excluding hydrogens is 326 g/mol. The van der Waals surface area contributed by atoms with E-state index in [1.807, 2.05) is 30.3 Å². The number of aromatic nitrogens is 4. The number of ketones is 1. The lowest BCUT2D eigenvalue weighted by Crippen LogP contribution is -2.01. The van der Waals surface area contributed by atoms with Crippen molar-refractivity contribution in [2.75, 3.05) is 5.32 Å². The van der Waals surface area contributed by atoms with E-state index in [-0.39, 0.29) is 5.78 Å². The Labute approximate surface area is 143 Å². The highest BCUT2D eigenvalue weighted by molar-refractivity contribution is 6.30. The first-order valence-electron chi connectivity index (χ1n) is 7.22. The largest absolute Gasteiger partial charge is 0.361 e. The Hall–Kier alpha value is -2.99. The maximum atomic E-state index is 11.6. The van der Waals surface area contributed by atoms with E-state index in [0.29, 0.717) is 16.4 Å². The smallest absolute Gasteiger partial charge is 0.181 e. The van der Waals surface area contributed by atoms with Gasteiger partial charge in [-0.05, 0) is 53.7 Å². The van der Waals surface area contributed by atoms with Crippen molar-refractivity contribution in [1.82, 2.24) is 20.2 Å². The number of nitrogens with one attached hydrogen (secondary N) is 1. The molecule has 0 saturated heterocycles. The molecule has 1 N–H and O–H groups in total. The van der Waals surface area contributed by atoms with E-state index in [1.165, 1.54) is 6.92 Å². The van der Waals surface area contributed by atoms with E-state index in [1.54, 1.807) is 35.2 Å². The number of para-hydroxylation sites is 1. The molecule has 7 heteroatoms. The van der Waals surface area contributed by atoms with E-state index < -0.39 is 0 Å². The summed E-state index contributed by atoms with van der Waals surface area (Å²) in [5.41, 5.74) is 2.15. The fourth-order valence-electron chi connectivity index (χ4n) is 2.19. The van der Waals surface area contributed by atoms with E-state index in [0.717, 1.165) is 11.4 Å². The lowest BCUT2D eigenvalue weighted by molar-refractivity contribution is 0.101. The number of tetrazole rings is 1. The number of anilines is 1. The van der Waals surface area contributed by atoms with Crippen LogP contribution in [0, 0.1) is 0 Å². The molecule has 24 heavy (non-hydrogen) atoms. The number of carbonyl (C=O) groups is 1. The van der Waals surface area contributed by atoms with Crippen molar-refractivity contribution in [3.8, 4) is 5.69 Å². The summed E-state index contributed by atoms with van der Waals surface area (Å²) < 4.78 is 1.59. The summed E-state index contributed by atoms with van der Waals surface area (Å²) in [7, 11) is 0. The van der Waals surface area contributed by atoms with E-state index in [9.17, 15) is 4.79 Å². The van der Waals surface area contributed by atoms with Crippen LogP contribution in [-0.4, -0.2) is 26.0 Å². The summed E-state index contributed by atoms with van der Waals surface area (Å²) in [6.07, 6.45) is 3.42. The van der Waals surface area contributed by atoms with Crippen LogP contribution in [0.2, 0.25) is 5.02 Å². The van der Waals surface area contributed by atoms with Gasteiger partial charge in [-0.2, -0.15) is 4.68 Å². The molecular formula is C17H14ClN5O. The molecule has 6 nitrogen and oxygen atoms in total. The Kier molecular flexibility index (Phi) is 4.67. The number of nitrogens with zero attached hydrogens (tertiary/aromatic N) is 4. The molecule has 2 aromatic carbocycles. The van der Waals surface area contributed by atoms with Crippen LogP contribution in [0.15, 0.2) is 54.7 Å². The quantitative estimate of drug-likeness (QED) is 0.719. The van der Waals surface area contributed by atoms with Crippen molar-refractivity contribution < 1.29 is 4.79 Å². The number of rotatable bonds is 5. The van der Waals surface area contributed by atoms with E-state index in [4.69, 9.17) is 11.6 Å². The van der Waals surface area contributed by atoms with E-state index in [2.05, 4.69) is 20.8 Å². The van der Waals surface area contributed by atoms with Gasteiger partial charge in [0.25, 0.3) is 0 Å². The number of hydrogen-bond acceptors (Lipinski definition) is 5. The van der Waals surface area contributed by atoms with Gasteiger partial charge >= 0.3 is 0 Å². The van der Waals surface area contributed by atoms with Gasteiger partial charge in [-0.3, -0.25) is 4.79 Å². The summed E-state index contributed by atoms with van der Waals surface area (Å²) in [6, 6.07) is 14.5. The van der Waals surface area contributed by atoms with Crippen LogP contribution in [-0.2, 0) is 0 Å². The minimum Gasteiger partial charge on any atom is -0.361 e. The minimum absolute atomic E-state index is 0.00232. The molecule has 0 unspecified atom stereocenters. The number of halogens is 1. The summed E-state index contributed by atoms with van der Waals surface area (Å²) in [6.45, 7) is 1.53. The Balaban J connectivity index is 1.81. The number of Topliss-reactive ketones (excluding diaryl/α,β-unsaturated/α-hetero) is 1. The molecule has 0 aliphatic carbocycles. The van der Waals surface area contributed by atoms with Gasteiger partial charge in [0.1, 0.15) is 0 Å². The topological polar surface area (TPSA) is 72.7 Å². The molecule has 0 amide bonds. The first-order valence-corrected chi connectivity index (χ1v) is 7.60. The fraction of sp³-hybridized carbons (Fsp3) is 0.0588. The van der Waals surface area contributed by atoms with Gasteiger partial charge in [0, 0.05) is 28.5 Å². The Morgan fingerprint density at radius 3 is 2.67 bits per heavy atom.